The summed E-state index contributed by atoms with van der Waals surface area (Å²) in [6.07, 6.45) is -0.181. The number of aromatic nitrogens is 1. The van der Waals surface area contributed by atoms with Crippen molar-refractivity contribution < 1.29 is 13.2 Å². The highest BCUT2D eigenvalue weighted by Crippen LogP contribution is 2.42. The third-order valence-corrected chi connectivity index (χ3v) is 4.62. The average Bonchev–Trinajstić information content (AvgIpc) is 2.55. The summed E-state index contributed by atoms with van der Waals surface area (Å²) < 4.78 is 42.4. The van der Waals surface area contributed by atoms with E-state index in [-0.39, 0.29) is 17.8 Å². The van der Waals surface area contributed by atoms with Crippen LogP contribution >= 0.6 is 0 Å². The maximum Gasteiger partial charge on any atom is 0.267 e. The molecule has 6 heteroatoms. The molecule has 0 unspecified atom stereocenters. The lowest BCUT2D eigenvalue weighted by Gasteiger charge is -2.33. The SMILES string of the molecule is Cc1cnc(-c2ccc(F)c([C@]3(C(F)F)CCCC(N)=N3)c2)c(C)c1. The van der Waals surface area contributed by atoms with Gasteiger partial charge < -0.3 is 5.73 Å². The number of nitrogens with zero attached hydrogens (tertiary/aromatic N) is 2. The van der Waals surface area contributed by atoms with Crippen molar-refractivity contribution >= 4 is 5.84 Å². The quantitative estimate of drug-likeness (QED) is 0.888. The monoisotopic (exact) mass is 347 g/mol. The Morgan fingerprint density at radius 3 is 2.60 bits per heavy atom. The molecule has 1 aromatic carbocycles. The van der Waals surface area contributed by atoms with Crippen LogP contribution in [0.3, 0.4) is 0 Å². The van der Waals surface area contributed by atoms with Crippen LogP contribution in [0.1, 0.15) is 36.0 Å². The lowest BCUT2D eigenvalue weighted by Crippen LogP contribution is -2.39. The van der Waals surface area contributed by atoms with E-state index in [1.807, 2.05) is 19.9 Å². The number of aryl methyl sites for hydroxylation is 2. The topological polar surface area (TPSA) is 51.3 Å². The van der Waals surface area contributed by atoms with E-state index in [1.165, 1.54) is 12.1 Å². The van der Waals surface area contributed by atoms with Gasteiger partial charge in [0.2, 0.25) is 0 Å². The molecule has 25 heavy (non-hydrogen) atoms. The molecule has 2 heterocycles. The summed E-state index contributed by atoms with van der Waals surface area (Å²) in [4.78, 5) is 8.38. The zero-order chi connectivity index (χ0) is 18.2. The van der Waals surface area contributed by atoms with Crippen LogP contribution in [-0.4, -0.2) is 17.2 Å². The van der Waals surface area contributed by atoms with Gasteiger partial charge in [-0.25, -0.2) is 13.2 Å². The van der Waals surface area contributed by atoms with Crippen LogP contribution in [0.25, 0.3) is 11.3 Å². The van der Waals surface area contributed by atoms with Gasteiger partial charge in [-0.2, -0.15) is 0 Å². The molecule has 0 saturated heterocycles. The van der Waals surface area contributed by atoms with Gasteiger partial charge in [-0.15, -0.1) is 0 Å². The van der Waals surface area contributed by atoms with Crippen molar-refractivity contribution in [2.24, 2.45) is 10.7 Å². The number of aliphatic imine (C=N–C) groups is 1. The minimum atomic E-state index is -2.84. The first-order valence-electron chi connectivity index (χ1n) is 8.19. The van der Waals surface area contributed by atoms with Crippen molar-refractivity contribution in [2.45, 2.75) is 45.1 Å². The summed E-state index contributed by atoms with van der Waals surface area (Å²) in [7, 11) is 0. The van der Waals surface area contributed by atoms with Crippen LogP contribution in [0, 0.1) is 19.7 Å². The molecule has 0 radical (unpaired) electrons. The number of hydrogen-bond acceptors (Lipinski definition) is 3. The minimum absolute atomic E-state index is 0.0616. The Morgan fingerprint density at radius 1 is 1.20 bits per heavy atom. The van der Waals surface area contributed by atoms with Gasteiger partial charge in [-0.3, -0.25) is 9.98 Å². The van der Waals surface area contributed by atoms with E-state index in [9.17, 15) is 13.2 Å². The van der Waals surface area contributed by atoms with E-state index in [0.29, 0.717) is 24.1 Å². The van der Waals surface area contributed by atoms with Gasteiger partial charge in [0, 0.05) is 23.7 Å². The molecule has 0 spiro atoms. The van der Waals surface area contributed by atoms with E-state index in [4.69, 9.17) is 5.73 Å². The Balaban J connectivity index is 2.18. The summed E-state index contributed by atoms with van der Waals surface area (Å²) in [5.74, 6) is -0.562. The van der Waals surface area contributed by atoms with Crippen LogP contribution < -0.4 is 5.73 Å². The molecule has 0 bridgehead atoms. The molecule has 0 saturated carbocycles. The molecular formula is C19H20F3N3. The maximum absolute atomic E-state index is 14.5. The highest BCUT2D eigenvalue weighted by molar-refractivity contribution is 5.81. The Kier molecular flexibility index (Phi) is 4.54. The summed E-state index contributed by atoms with van der Waals surface area (Å²) in [5.41, 5.74) is 6.79. The minimum Gasteiger partial charge on any atom is -0.387 e. The fourth-order valence-electron chi connectivity index (χ4n) is 3.40. The lowest BCUT2D eigenvalue weighted by molar-refractivity contribution is 0.0423. The molecular weight excluding hydrogens is 327 g/mol. The van der Waals surface area contributed by atoms with Gasteiger partial charge in [0.25, 0.3) is 6.43 Å². The highest BCUT2D eigenvalue weighted by Gasteiger charge is 2.45. The first-order chi connectivity index (χ1) is 11.8. The number of nitrogens with two attached hydrogens (primary N) is 1. The number of benzene rings is 1. The largest absolute Gasteiger partial charge is 0.387 e. The van der Waals surface area contributed by atoms with Crippen molar-refractivity contribution in [2.75, 3.05) is 0 Å². The third kappa shape index (κ3) is 3.13. The second-order valence-corrected chi connectivity index (χ2v) is 6.55. The lowest BCUT2D eigenvalue weighted by atomic mass is 9.82. The van der Waals surface area contributed by atoms with Gasteiger partial charge in [-0.1, -0.05) is 6.07 Å². The van der Waals surface area contributed by atoms with E-state index < -0.39 is 17.8 Å². The molecule has 1 atom stereocenters. The van der Waals surface area contributed by atoms with Crippen LogP contribution in [-0.2, 0) is 5.54 Å². The van der Waals surface area contributed by atoms with Crippen molar-refractivity contribution in [1.29, 1.82) is 0 Å². The Bertz CT molecular complexity index is 833. The first-order valence-corrected chi connectivity index (χ1v) is 8.19. The molecule has 2 N–H and O–H groups in total. The molecule has 3 rings (SSSR count). The highest BCUT2D eigenvalue weighted by atomic mass is 19.3. The van der Waals surface area contributed by atoms with Crippen molar-refractivity contribution in [3.8, 4) is 11.3 Å². The van der Waals surface area contributed by atoms with E-state index >= 15 is 0 Å². The molecule has 1 aliphatic rings. The number of hydrogen-bond donors (Lipinski definition) is 1. The number of alkyl halides is 2. The Labute approximate surface area is 144 Å². The summed E-state index contributed by atoms with van der Waals surface area (Å²) in [6.45, 7) is 3.81. The first kappa shape index (κ1) is 17.5. The van der Waals surface area contributed by atoms with Crippen LogP contribution in [0.15, 0.2) is 35.5 Å². The van der Waals surface area contributed by atoms with Gasteiger partial charge >= 0.3 is 0 Å². The molecule has 132 valence electrons. The molecule has 1 aromatic heterocycles. The fraction of sp³-hybridized carbons (Fsp3) is 0.368. The van der Waals surface area contributed by atoms with Gasteiger partial charge in [0.05, 0.1) is 11.5 Å². The van der Waals surface area contributed by atoms with Gasteiger partial charge in [0.1, 0.15) is 5.82 Å². The number of rotatable bonds is 3. The van der Waals surface area contributed by atoms with Crippen LogP contribution in [0.2, 0.25) is 0 Å². The zero-order valence-corrected chi connectivity index (χ0v) is 14.2. The molecule has 3 nitrogen and oxygen atoms in total. The van der Waals surface area contributed by atoms with Gasteiger partial charge in [0.15, 0.2) is 5.54 Å². The molecule has 1 aliphatic heterocycles. The average molecular weight is 347 g/mol. The predicted octanol–water partition coefficient (Wildman–Crippen LogP) is 4.51. The van der Waals surface area contributed by atoms with Gasteiger partial charge in [-0.05, 0) is 56.0 Å². The molecule has 0 aliphatic carbocycles. The maximum atomic E-state index is 14.5. The molecule has 0 fully saturated rings. The zero-order valence-electron chi connectivity index (χ0n) is 14.2. The molecule has 0 amide bonds. The Morgan fingerprint density at radius 2 is 1.96 bits per heavy atom. The normalized spacial score (nSPS) is 20.6. The predicted molar refractivity (Wildman–Crippen MR) is 92.3 cm³/mol. The van der Waals surface area contributed by atoms with E-state index in [2.05, 4.69) is 9.98 Å². The molecule has 2 aromatic rings. The van der Waals surface area contributed by atoms with Crippen molar-refractivity contribution in [1.82, 2.24) is 4.98 Å². The van der Waals surface area contributed by atoms with E-state index in [1.54, 1.807) is 12.3 Å². The number of pyridine rings is 1. The summed E-state index contributed by atoms with van der Waals surface area (Å²) >= 11 is 0. The second-order valence-electron chi connectivity index (χ2n) is 6.55. The second kappa shape index (κ2) is 6.50. The van der Waals surface area contributed by atoms with Crippen molar-refractivity contribution in [3.63, 3.8) is 0 Å². The van der Waals surface area contributed by atoms with Crippen molar-refractivity contribution in [3.05, 3.63) is 53.0 Å². The van der Waals surface area contributed by atoms with Crippen LogP contribution in [0.4, 0.5) is 13.2 Å². The third-order valence-electron chi connectivity index (χ3n) is 4.62. The fourth-order valence-corrected chi connectivity index (χ4v) is 3.40. The van der Waals surface area contributed by atoms with E-state index in [0.717, 1.165) is 11.1 Å². The smallest absolute Gasteiger partial charge is 0.267 e. The standard InChI is InChI=1S/C19H20F3N3/c1-11-8-12(2)17(24-10-11)13-5-6-15(20)14(9-13)19(18(21)22)7-3-4-16(23)25-19/h5-6,8-10,18H,3-4,7H2,1-2H3,(H2,23,25)/t19-/m0/s1. The van der Waals surface area contributed by atoms with Crippen LogP contribution in [0.5, 0.6) is 0 Å². The number of amidine groups is 1. The number of halogens is 3. The summed E-state index contributed by atoms with van der Waals surface area (Å²) in [6, 6.07) is 6.15. The Hall–Kier alpha value is -2.37. The summed E-state index contributed by atoms with van der Waals surface area (Å²) in [5, 5.41) is 0.